The number of likely N-dealkylation sites (tertiary alicyclic amines) is 1. The minimum atomic E-state index is -0.414. The van der Waals surface area contributed by atoms with Gasteiger partial charge in [-0.25, -0.2) is 9.78 Å². The Labute approximate surface area is 261 Å². The third-order valence-electron chi connectivity index (χ3n) is 8.72. The summed E-state index contributed by atoms with van der Waals surface area (Å²) < 4.78 is 17.7. The molecule has 9 nitrogen and oxygen atoms in total. The number of anilines is 3. The van der Waals surface area contributed by atoms with Crippen molar-refractivity contribution in [2.24, 2.45) is 11.8 Å². The number of ether oxygens (including phenoxy) is 3. The monoisotopic (exact) mass is 601 g/mol. The number of carbonyl (C=O) groups excluding carboxylic acids is 1. The maximum atomic E-state index is 13.8. The lowest BCUT2D eigenvalue weighted by atomic mass is 9.81. The molecule has 0 bridgehead atoms. The van der Waals surface area contributed by atoms with E-state index in [9.17, 15) is 4.79 Å². The minimum absolute atomic E-state index is 0.133. The van der Waals surface area contributed by atoms with Crippen LogP contribution in [0.25, 0.3) is 0 Å². The Bertz CT molecular complexity index is 1340. The van der Waals surface area contributed by atoms with Crippen molar-refractivity contribution < 1.29 is 19.0 Å². The molecule has 2 unspecified atom stereocenters. The number of carbonyl (C=O) groups is 1. The fourth-order valence-electron chi connectivity index (χ4n) is 6.27. The summed E-state index contributed by atoms with van der Waals surface area (Å²) >= 11 is 0. The molecule has 1 aromatic heterocycles. The number of amides is 1. The van der Waals surface area contributed by atoms with Crippen LogP contribution in [0.3, 0.4) is 0 Å². The molecule has 2 aliphatic rings. The Morgan fingerprint density at radius 1 is 0.977 bits per heavy atom. The topological polar surface area (TPSA) is 89.0 Å². The number of piperidine rings is 1. The predicted molar refractivity (Wildman–Crippen MR) is 174 cm³/mol. The number of nitrogens with zero attached hydrogens (tertiary/aromatic N) is 4. The number of benzene rings is 2. The molecule has 1 N–H and O–H groups in total. The predicted octanol–water partition coefficient (Wildman–Crippen LogP) is 7.45. The number of hydrogen-bond acceptors (Lipinski definition) is 8. The summed E-state index contributed by atoms with van der Waals surface area (Å²) in [6.07, 6.45) is 9.34. The summed E-state index contributed by atoms with van der Waals surface area (Å²) in [6, 6.07) is 17.2. The highest BCUT2D eigenvalue weighted by molar-refractivity contribution is 5.86. The van der Waals surface area contributed by atoms with Gasteiger partial charge in [0, 0.05) is 24.5 Å². The average Bonchev–Trinajstić information content (AvgIpc) is 3.04. The quantitative estimate of drug-likeness (QED) is 0.214. The number of hydrogen-bond donors (Lipinski definition) is 1. The van der Waals surface area contributed by atoms with Crippen molar-refractivity contribution in [1.29, 1.82) is 0 Å². The number of rotatable bonds is 12. The molecule has 0 spiro atoms. The minimum Gasteiger partial charge on any atom is -0.497 e. The second-order valence-electron chi connectivity index (χ2n) is 12.2. The first-order chi connectivity index (χ1) is 21.5. The first-order valence-corrected chi connectivity index (χ1v) is 16.1. The summed E-state index contributed by atoms with van der Waals surface area (Å²) in [5, 5.41) is 3.29. The molecule has 44 heavy (non-hydrogen) atoms. The Hall–Kier alpha value is -3.85. The molecule has 2 fully saturated rings. The van der Waals surface area contributed by atoms with E-state index < -0.39 is 6.09 Å². The number of methoxy groups -OCH3 is 1. The van der Waals surface area contributed by atoms with Gasteiger partial charge in [0.25, 0.3) is 0 Å². The summed E-state index contributed by atoms with van der Waals surface area (Å²) in [4.78, 5) is 27.1. The molecule has 1 amide bonds. The van der Waals surface area contributed by atoms with E-state index in [4.69, 9.17) is 19.2 Å². The van der Waals surface area contributed by atoms with Gasteiger partial charge in [-0.3, -0.25) is 4.90 Å². The zero-order chi connectivity index (χ0) is 30.7. The highest BCUT2D eigenvalue weighted by Crippen LogP contribution is 2.32. The molecule has 1 aliphatic carbocycles. The van der Waals surface area contributed by atoms with Crippen LogP contribution in [0.4, 0.5) is 22.2 Å². The van der Waals surface area contributed by atoms with E-state index in [2.05, 4.69) is 29.0 Å². The Balaban J connectivity index is 1.28. The van der Waals surface area contributed by atoms with Crippen LogP contribution in [0.1, 0.15) is 64.4 Å². The van der Waals surface area contributed by atoms with Gasteiger partial charge in [-0.15, -0.1) is 0 Å². The standard InChI is InChI=1S/C35H47N5O4/c1-26-11-7-12-27(2)33(26)44-35(41)40(25-28-13-8-15-30(23-28)42-3)32-17-18-36-34(38-32)37-29-14-9-16-31(24-29)43-22-10-21-39-19-5-4-6-20-39/h8-9,13-18,23-24,26-27,33H,4-7,10-12,19-22,25H2,1-3H3,(H,36,37,38). The lowest BCUT2D eigenvalue weighted by molar-refractivity contribution is 0.0131. The number of aromatic nitrogens is 2. The van der Waals surface area contributed by atoms with Crippen molar-refractivity contribution in [2.75, 3.05) is 43.6 Å². The smallest absolute Gasteiger partial charge is 0.416 e. The zero-order valence-corrected chi connectivity index (χ0v) is 26.4. The van der Waals surface area contributed by atoms with E-state index in [1.165, 1.54) is 32.4 Å². The number of nitrogens with one attached hydrogen (secondary N) is 1. The van der Waals surface area contributed by atoms with E-state index in [0.717, 1.165) is 55.0 Å². The molecule has 9 heteroatoms. The third-order valence-corrected chi connectivity index (χ3v) is 8.72. The van der Waals surface area contributed by atoms with Crippen LogP contribution in [0.2, 0.25) is 0 Å². The van der Waals surface area contributed by atoms with Crippen LogP contribution in [0.15, 0.2) is 60.8 Å². The second-order valence-corrected chi connectivity index (χ2v) is 12.2. The molecule has 236 valence electrons. The highest BCUT2D eigenvalue weighted by Gasteiger charge is 2.33. The van der Waals surface area contributed by atoms with E-state index in [0.29, 0.717) is 30.2 Å². The molecular weight excluding hydrogens is 554 g/mol. The SMILES string of the molecule is COc1cccc(CN(C(=O)OC2C(C)CCCC2C)c2ccnc(Nc3cccc(OCCCN4CCCCC4)c3)n2)c1. The van der Waals surface area contributed by atoms with Gasteiger partial charge in [0.05, 0.1) is 20.3 Å². The maximum absolute atomic E-state index is 13.8. The van der Waals surface area contributed by atoms with Gasteiger partial charge >= 0.3 is 6.09 Å². The van der Waals surface area contributed by atoms with Crippen LogP contribution in [0.5, 0.6) is 11.5 Å². The van der Waals surface area contributed by atoms with Gasteiger partial charge in [0.15, 0.2) is 0 Å². The lowest BCUT2D eigenvalue weighted by Crippen LogP contribution is -2.40. The Morgan fingerprint density at radius 3 is 2.55 bits per heavy atom. The van der Waals surface area contributed by atoms with Crippen molar-refractivity contribution >= 4 is 23.5 Å². The molecule has 2 heterocycles. The van der Waals surface area contributed by atoms with Gasteiger partial charge < -0.3 is 24.4 Å². The maximum Gasteiger partial charge on any atom is 0.416 e. The molecule has 2 atom stereocenters. The summed E-state index contributed by atoms with van der Waals surface area (Å²) in [5.74, 6) is 2.98. The molecule has 1 saturated carbocycles. The van der Waals surface area contributed by atoms with Crippen molar-refractivity contribution in [3.63, 3.8) is 0 Å². The average molecular weight is 602 g/mol. The molecule has 1 aliphatic heterocycles. The Kier molecular flexibility index (Phi) is 11.3. The van der Waals surface area contributed by atoms with E-state index in [-0.39, 0.29) is 12.6 Å². The van der Waals surface area contributed by atoms with Crippen LogP contribution in [-0.4, -0.2) is 60.4 Å². The first-order valence-electron chi connectivity index (χ1n) is 16.1. The molecular formula is C35H47N5O4. The highest BCUT2D eigenvalue weighted by atomic mass is 16.6. The largest absolute Gasteiger partial charge is 0.497 e. The Morgan fingerprint density at radius 2 is 1.75 bits per heavy atom. The summed E-state index contributed by atoms with van der Waals surface area (Å²) in [6.45, 7) is 8.76. The van der Waals surface area contributed by atoms with Crippen LogP contribution in [-0.2, 0) is 11.3 Å². The van der Waals surface area contributed by atoms with Gasteiger partial charge in [0.1, 0.15) is 23.4 Å². The molecule has 3 aromatic rings. The van der Waals surface area contributed by atoms with Crippen molar-refractivity contribution in [2.45, 2.75) is 71.4 Å². The van der Waals surface area contributed by atoms with E-state index in [1.807, 2.05) is 48.5 Å². The molecule has 1 saturated heterocycles. The normalized spacial score (nSPS) is 20.5. The van der Waals surface area contributed by atoms with Gasteiger partial charge in [-0.1, -0.05) is 44.9 Å². The summed E-state index contributed by atoms with van der Waals surface area (Å²) in [5.41, 5.74) is 1.71. The lowest BCUT2D eigenvalue weighted by Gasteiger charge is -2.35. The van der Waals surface area contributed by atoms with Gasteiger partial charge in [-0.05, 0) is 92.9 Å². The second kappa shape index (κ2) is 15.7. The van der Waals surface area contributed by atoms with E-state index in [1.54, 1.807) is 24.3 Å². The molecule has 2 aromatic carbocycles. The molecule has 5 rings (SSSR count). The van der Waals surface area contributed by atoms with Crippen LogP contribution < -0.4 is 19.7 Å². The van der Waals surface area contributed by atoms with Crippen molar-refractivity contribution in [3.05, 3.63) is 66.4 Å². The third kappa shape index (κ3) is 8.85. The van der Waals surface area contributed by atoms with E-state index >= 15 is 0 Å². The zero-order valence-electron chi connectivity index (χ0n) is 26.4. The van der Waals surface area contributed by atoms with Crippen molar-refractivity contribution in [1.82, 2.24) is 14.9 Å². The fraction of sp³-hybridized carbons (Fsp3) is 0.514. The van der Waals surface area contributed by atoms with Crippen LogP contribution >= 0.6 is 0 Å². The van der Waals surface area contributed by atoms with Crippen LogP contribution in [0, 0.1) is 11.8 Å². The summed E-state index contributed by atoms with van der Waals surface area (Å²) in [7, 11) is 1.63. The fourth-order valence-corrected chi connectivity index (χ4v) is 6.27. The van der Waals surface area contributed by atoms with Crippen molar-refractivity contribution in [3.8, 4) is 11.5 Å². The van der Waals surface area contributed by atoms with Gasteiger partial charge in [-0.2, -0.15) is 4.98 Å². The molecule has 0 radical (unpaired) electrons. The first kappa shape index (κ1) is 31.6. The van der Waals surface area contributed by atoms with Gasteiger partial charge in [0.2, 0.25) is 5.95 Å².